The van der Waals surface area contributed by atoms with Crippen LogP contribution in [0.15, 0.2) is 48.5 Å². The Labute approximate surface area is 152 Å². The van der Waals surface area contributed by atoms with E-state index in [2.05, 4.69) is 10.3 Å². The highest BCUT2D eigenvalue weighted by atomic mass is 32.1. The van der Waals surface area contributed by atoms with Crippen molar-refractivity contribution in [3.63, 3.8) is 0 Å². The van der Waals surface area contributed by atoms with Crippen molar-refractivity contribution in [2.45, 2.75) is 0 Å². The number of nitrogens with zero attached hydrogens (tertiary/aromatic N) is 2. The molecule has 26 heavy (non-hydrogen) atoms. The molecule has 0 fully saturated rings. The Morgan fingerprint density at radius 2 is 2.00 bits per heavy atom. The molecule has 2 aromatic carbocycles. The number of hydrogen-bond acceptors (Lipinski definition) is 7. The summed E-state index contributed by atoms with van der Waals surface area (Å²) in [4.78, 5) is 27.5. The Kier molecular flexibility index (Phi) is 4.81. The van der Waals surface area contributed by atoms with Gasteiger partial charge in [0.2, 0.25) is 0 Å². The van der Waals surface area contributed by atoms with Crippen LogP contribution in [-0.4, -0.2) is 22.9 Å². The first-order valence-electron chi connectivity index (χ1n) is 7.44. The molecule has 1 aromatic heterocycles. The van der Waals surface area contributed by atoms with Crippen LogP contribution < -0.4 is 15.8 Å². The van der Waals surface area contributed by atoms with E-state index in [9.17, 15) is 14.9 Å². The molecule has 0 aliphatic heterocycles. The second-order valence-corrected chi connectivity index (χ2v) is 6.25. The van der Waals surface area contributed by atoms with Crippen molar-refractivity contribution in [3.8, 4) is 17.0 Å². The second-order valence-electron chi connectivity index (χ2n) is 5.22. The van der Waals surface area contributed by atoms with Crippen molar-refractivity contribution in [3.05, 3.63) is 63.5 Å². The third kappa shape index (κ3) is 3.62. The number of amides is 1. The lowest BCUT2D eigenvalue weighted by molar-refractivity contribution is -0.384. The van der Waals surface area contributed by atoms with Gasteiger partial charge in [0.15, 0.2) is 5.13 Å². The van der Waals surface area contributed by atoms with Crippen molar-refractivity contribution in [1.29, 1.82) is 0 Å². The quantitative estimate of drug-likeness (QED) is 0.523. The van der Waals surface area contributed by atoms with Gasteiger partial charge in [-0.2, -0.15) is 0 Å². The predicted octanol–water partition coefficient (Wildman–Crippen LogP) is 3.56. The number of thiazole rings is 1. The molecule has 3 aromatic rings. The van der Waals surface area contributed by atoms with Gasteiger partial charge in [-0.05, 0) is 24.3 Å². The molecule has 0 aliphatic carbocycles. The molecule has 0 radical (unpaired) electrons. The molecule has 1 heterocycles. The molecule has 0 saturated carbocycles. The van der Waals surface area contributed by atoms with E-state index in [1.54, 1.807) is 24.3 Å². The number of carbonyl (C=O) groups is 1. The van der Waals surface area contributed by atoms with E-state index < -0.39 is 4.92 Å². The van der Waals surface area contributed by atoms with Crippen molar-refractivity contribution < 1.29 is 14.5 Å². The average molecular weight is 370 g/mol. The topological polar surface area (TPSA) is 120 Å². The summed E-state index contributed by atoms with van der Waals surface area (Å²) >= 11 is 1.05. The maximum absolute atomic E-state index is 12.7. The zero-order valence-electron chi connectivity index (χ0n) is 13.6. The molecule has 0 atom stereocenters. The van der Waals surface area contributed by atoms with Crippen LogP contribution in [0.2, 0.25) is 0 Å². The first-order chi connectivity index (χ1) is 12.5. The van der Waals surface area contributed by atoms with Crippen LogP contribution in [0.25, 0.3) is 11.3 Å². The number of anilines is 2. The van der Waals surface area contributed by atoms with E-state index >= 15 is 0 Å². The van der Waals surface area contributed by atoms with Gasteiger partial charge in [-0.25, -0.2) is 4.98 Å². The number of nitro groups is 1. The smallest absolute Gasteiger partial charge is 0.269 e. The Hall–Kier alpha value is -3.46. The fourth-order valence-electron chi connectivity index (χ4n) is 2.32. The van der Waals surface area contributed by atoms with Crippen LogP contribution in [0.3, 0.4) is 0 Å². The lowest BCUT2D eigenvalue weighted by atomic mass is 10.1. The Balaban J connectivity index is 1.90. The fraction of sp³-hybridized carbons (Fsp3) is 0.0588. The zero-order chi connectivity index (χ0) is 18.7. The van der Waals surface area contributed by atoms with Gasteiger partial charge in [0.25, 0.3) is 11.6 Å². The summed E-state index contributed by atoms with van der Waals surface area (Å²) < 4.78 is 5.13. The van der Waals surface area contributed by atoms with Gasteiger partial charge in [0, 0.05) is 29.4 Å². The first kappa shape index (κ1) is 17.4. The number of nitrogens with one attached hydrogen (secondary N) is 1. The van der Waals surface area contributed by atoms with Gasteiger partial charge in [0.1, 0.15) is 10.6 Å². The molecule has 132 valence electrons. The van der Waals surface area contributed by atoms with Crippen molar-refractivity contribution >= 4 is 33.8 Å². The summed E-state index contributed by atoms with van der Waals surface area (Å²) in [6, 6.07) is 12.7. The van der Waals surface area contributed by atoms with E-state index in [0.29, 0.717) is 27.6 Å². The van der Waals surface area contributed by atoms with Crippen LogP contribution in [0.4, 0.5) is 16.5 Å². The van der Waals surface area contributed by atoms with E-state index in [1.807, 2.05) is 0 Å². The number of nitro benzene ring substituents is 1. The highest BCUT2D eigenvalue weighted by Crippen LogP contribution is 2.31. The predicted molar refractivity (Wildman–Crippen MR) is 99.6 cm³/mol. The molecule has 3 N–H and O–H groups in total. The number of hydrogen-bond donors (Lipinski definition) is 2. The number of nitrogen functional groups attached to an aromatic ring is 1. The normalized spacial score (nSPS) is 10.3. The van der Waals surface area contributed by atoms with E-state index in [4.69, 9.17) is 10.5 Å². The number of ether oxygens (including phenoxy) is 1. The van der Waals surface area contributed by atoms with Crippen LogP contribution >= 0.6 is 11.3 Å². The van der Waals surface area contributed by atoms with Crippen LogP contribution in [-0.2, 0) is 0 Å². The Morgan fingerprint density at radius 3 is 2.65 bits per heavy atom. The van der Waals surface area contributed by atoms with Gasteiger partial charge in [-0.15, -0.1) is 0 Å². The summed E-state index contributed by atoms with van der Waals surface area (Å²) in [5, 5.41) is 13.8. The molecule has 0 saturated heterocycles. The van der Waals surface area contributed by atoms with Gasteiger partial charge in [-0.3, -0.25) is 14.9 Å². The number of benzene rings is 2. The summed E-state index contributed by atoms with van der Waals surface area (Å²) in [5.74, 6) is 0.239. The van der Waals surface area contributed by atoms with Gasteiger partial charge < -0.3 is 15.8 Å². The number of aromatic nitrogens is 1. The van der Waals surface area contributed by atoms with Gasteiger partial charge in [0.05, 0.1) is 17.7 Å². The minimum atomic E-state index is -0.490. The van der Waals surface area contributed by atoms with E-state index in [-0.39, 0.29) is 16.7 Å². The maximum Gasteiger partial charge on any atom is 0.269 e. The van der Waals surface area contributed by atoms with Crippen molar-refractivity contribution in [1.82, 2.24) is 4.98 Å². The summed E-state index contributed by atoms with van der Waals surface area (Å²) in [6.45, 7) is 0. The molecule has 8 nitrogen and oxygen atoms in total. The van der Waals surface area contributed by atoms with Crippen LogP contribution in [0, 0.1) is 10.1 Å². The zero-order valence-corrected chi connectivity index (χ0v) is 14.4. The second kappa shape index (κ2) is 7.19. The molecule has 0 bridgehead atoms. The molecule has 9 heteroatoms. The highest BCUT2D eigenvalue weighted by Gasteiger charge is 2.19. The fourth-order valence-corrected chi connectivity index (χ4v) is 3.07. The number of nitrogens with two attached hydrogens (primary N) is 1. The lowest BCUT2D eigenvalue weighted by Gasteiger charge is -2.07. The van der Waals surface area contributed by atoms with Crippen molar-refractivity contribution in [2.75, 3.05) is 18.2 Å². The standard InChI is InChI=1S/C17H14N4O4S/c1-25-13-4-2-3-11(9-13)19-16(22)15-14(20-17(18)26-15)10-5-7-12(8-6-10)21(23)24/h2-9H,1H3,(H2,18,20)(H,19,22). The molecular weight excluding hydrogens is 356 g/mol. The first-order valence-corrected chi connectivity index (χ1v) is 8.26. The Bertz CT molecular complexity index is 969. The molecule has 3 rings (SSSR count). The molecule has 0 aliphatic rings. The number of rotatable bonds is 5. The van der Waals surface area contributed by atoms with Gasteiger partial charge in [-0.1, -0.05) is 17.4 Å². The number of methoxy groups -OCH3 is 1. The average Bonchev–Trinajstić information content (AvgIpc) is 3.04. The lowest BCUT2D eigenvalue weighted by Crippen LogP contribution is -2.11. The SMILES string of the molecule is COc1cccc(NC(=O)c2sc(N)nc2-c2ccc([N+](=O)[O-])cc2)c1. The molecule has 0 unspecified atom stereocenters. The third-order valence-electron chi connectivity index (χ3n) is 3.53. The minimum absolute atomic E-state index is 0.0423. The monoisotopic (exact) mass is 370 g/mol. The molecule has 0 spiro atoms. The van der Waals surface area contributed by atoms with Gasteiger partial charge >= 0.3 is 0 Å². The Morgan fingerprint density at radius 1 is 1.27 bits per heavy atom. The van der Waals surface area contributed by atoms with Crippen LogP contribution in [0.5, 0.6) is 5.75 Å². The van der Waals surface area contributed by atoms with E-state index in [0.717, 1.165) is 11.3 Å². The molecular formula is C17H14N4O4S. The summed E-state index contributed by atoms with van der Waals surface area (Å²) in [7, 11) is 1.54. The highest BCUT2D eigenvalue weighted by molar-refractivity contribution is 7.17. The largest absolute Gasteiger partial charge is 0.497 e. The van der Waals surface area contributed by atoms with Crippen LogP contribution in [0.1, 0.15) is 9.67 Å². The summed E-state index contributed by atoms with van der Waals surface area (Å²) in [6.07, 6.45) is 0. The number of carbonyl (C=O) groups excluding carboxylic acids is 1. The third-order valence-corrected chi connectivity index (χ3v) is 4.41. The van der Waals surface area contributed by atoms with Crippen molar-refractivity contribution in [2.24, 2.45) is 0 Å². The summed E-state index contributed by atoms with van der Waals surface area (Å²) in [5.41, 5.74) is 7.24. The van der Waals surface area contributed by atoms with E-state index in [1.165, 1.54) is 31.4 Å². The minimum Gasteiger partial charge on any atom is -0.497 e. The maximum atomic E-state index is 12.7. The number of non-ortho nitro benzene ring substituents is 1. The molecule has 1 amide bonds.